The monoisotopic (exact) mass is 415 g/mol. The number of amides is 1. The summed E-state index contributed by atoms with van der Waals surface area (Å²) in [6.45, 7) is 4.98. The topological polar surface area (TPSA) is 131 Å². The zero-order valence-corrected chi connectivity index (χ0v) is 17.0. The van der Waals surface area contributed by atoms with Crippen LogP contribution in [0.2, 0.25) is 0 Å². The van der Waals surface area contributed by atoms with Gasteiger partial charge in [0.25, 0.3) is 5.91 Å². The van der Waals surface area contributed by atoms with Crippen molar-refractivity contribution in [1.29, 1.82) is 0 Å². The van der Waals surface area contributed by atoms with Crippen molar-refractivity contribution in [3.63, 3.8) is 0 Å². The van der Waals surface area contributed by atoms with E-state index in [9.17, 15) is 18.0 Å². The number of carbonyl (C=O) groups is 2. The summed E-state index contributed by atoms with van der Waals surface area (Å²) in [5.41, 5.74) is 4.00. The molecule has 0 aliphatic carbocycles. The standard InChI is InChI=1S/C20H21N3O5S/c1-11-4-6-15(9-18(11)29(21,26)27)23-19(24)10-28-20(25)14-5-7-17-16(8-14)12(2)13(3)22-17/h4-9,22H,10H2,1-3H3,(H,23,24)(H2,21,26,27). The lowest BCUT2D eigenvalue weighted by molar-refractivity contribution is -0.119. The third-order valence-electron chi connectivity index (χ3n) is 4.66. The Morgan fingerprint density at radius 1 is 1.10 bits per heavy atom. The van der Waals surface area contributed by atoms with E-state index in [0.29, 0.717) is 11.1 Å². The van der Waals surface area contributed by atoms with Crippen molar-refractivity contribution >= 4 is 38.5 Å². The van der Waals surface area contributed by atoms with E-state index in [1.165, 1.54) is 18.2 Å². The van der Waals surface area contributed by atoms with Crippen molar-refractivity contribution in [3.05, 3.63) is 58.8 Å². The summed E-state index contributed by atoms with van der Waals surface area (Å²) in [7, 11) is -3.91. The fourth-order valence-electron chi connectivity index (χ4n) is 2.98. The van der Waals surface area contributed by atoms with E-state index in [-0.39, 0.29) is 10.6 Å². The molecule has 0 saturated heterocycles. The van der Waals surface area contributed by atoms with Crippen LogP contribution in [-0.2, 0) is 19.6 Å². The number of fused-ring (bicyclic) bond motifs is 1. The number of rotatable bonds is 5. The van der Waals surface area contributed by atoms with E-state index < -0.39 is 28.5 Å². The molecule has 0 atom stereocenters. The number of H-pyrrole nitrogens is 1. The van der Waals surface area contributed by atoms with Crippen LogP contribution in [0.5, 0.6) is 0 Å². The van der Waals surface area contributed by atoms with E-state index in [1.54, 1.807) is 25.1 Å². The number of esters is 1. The Morgan fingerprint density at radius 3 is 2.52 bits per heavy atom. The van der Waals surface area contributed by atoms with Crippen LogP contribution in [0.4, 0.5) is 5.69 Å². The van der Waals surface area contributed by atoms with E-state index in [2.05, 4.69) is 10.3 Å². The number of aromatic nitrogens is 1. The second-order valence-corrected chi connectivity index (χ2v) is 8.31. The maximum absolute atomic E-state index is 12.3. The molecule has 0 unspecified atom stereocenters. The van der Waals surface area contributed by atoms with Crippen LogP contribution in [-0.4, -0.2) is 31.9 Å². The normalized spacial score (nSPS) is 11.4. The summed E-state index contributed by atoms with van der Waals surface area (Å²) in [6, 6.07) is 9.44. The first-order valence-electron chi connectivity index (χ1n) is 8.75. The Bertz CT molecular complexity index is 1230. The maximum atomic E-state index is 12.3. The summed E-state index contributed by atoms with van der Waals surface area (Å²) in [5, 5.41) is 8.56. The van der Waals surface area contributed by atoms with Gasteiger partial charge in [-0.1, -0.05) is 6.07 Å². The van der Waals surface area contributed by atoms with Crippen molar-refractivity contribution in [2.75, 3.05) is 11.9 Å². The number of primary sulfonamides is 1. The molecule has 3 rings (SSSR count). The molecule has 2 aromatic carbocycles. The number of nitrogens with one attached hydrogen (secondary N) is 2. The number of ether oxygens (including phenoxy) is 1. The predicted molar refractivity (Wildman–Crippen MR) is 109 cm³/mol. The van der Waals surface area contributed by atoms with Gasteiger partial charge in [-0.15, -0.1) is 0 Å². The van der Waals surface area contributed by atoms with Gasteiger partial charge in [-0.3, -0.25) is 4.79 Å². The summed E-state index contributed by atoms with van der Waals surface area (Å²) in [4.78, 5) is 27.5. The summed E-state index contributed by atoms with van der Waals surface area (Å²) >= 11 is 0. The van der Waals surface area contributed by atoms with Crippen LogP contribution in [0.3, 0.4) is 0 Å². The molecule has 0 bridgehead atoms. The summed E-state index contributed by atoms with van der Waals surface area (Å²) < 4.78 is 28.2. The number of aryl methyl sites for hydroxylation is 3. The van der Waals surface area contributed by atoms with Gasteiger partial charge in [-0.25, -0.2) is 18.4 Å². The Morgan fingerprint density at radius 2 is 1.83 bits per heavy atom. The number of nitrogens with two attached hydrogens (primary N) is 1. The van der Waals surface area contributed by atoms with Crippen LogP contribution in [0.15, 0.2) is 41.3 Å². The van der Waals surface area contributed by atoms with E-state index in [0.717, 1.165) is 22.2 Å². The fraction of sp³-hybridized carbons (Fsp3) is 0.200. The minimum Gasteiger partial charge on any atom is -0.452 e. The second kappa shape index (κ2) is 7.69. The van der Waals surface area contributed by atoms with Gasteiger partial charge in [0.05, 0.1) is 10.5 Å². The van der Waals surface area contributed by atoms with E-state index in [1.807, 2.05) is 13.8 Å². The minimum absolute atomic E-state index is 0.0854. The maximum Gasteiger partial charge on any atom is 0.338 e. The minimum atomic E-state index is -3.91. The molecular formula is C20H21N3O5S. The molecule has 0 radical (unpaired) electrons. The van der Waals surface area contributed by atoms with E-state index >= 15 is 0 Å². The van der Waals surface area contributed by atoms with Gasteiger partial charge in [-0.05, 0) is 62.2 Å². The number of benzene rings is 2. The highest BCUT2D eigenvalue weighted by molar-refractivity contribution is 7.89. The Balaban J connectivity index is 1.66. The molecule has 3 aromatic rings. The lowest BCUT2D eigenvalue weighted by atomic mass is 10.1. The molecule has 29 heavy (non-hydrogen) atoms. The number of sulfonamides is 1. The van der Waals surface area contributed by atoms with Crippen LogP contribution < -0.4 is 10.5 Å². The van der Waals surface area contributed by atoms with Gasteiger partial charge in [0.15, 0.2) is 6.61 Å². The largest absolute Gasteiger partial charge is 0.452 e. The highest BCUT2D eigenvalue weighted by Crippen LogP contribution is 2.23. The molecule has 0 aliphatic rings. The van der Waals surface area contributed by atoms with Crippen molar-refractivity contribution in [1.82, 2.24) is 4.98 Å². The molecule has 0 saturated carbocycles. The van der Waals surface area contributed by atoms with Gasteiger partial charge in [0, 0.05) is 22.3 Å². The summed E-state index contributed by atoms with van der Waals surface area (Å²) in [5.74, 6) is -1.23. The first kappa shape index (κ1) is 20.6. The third-order valence-corrected chi connectivity index (χ3v) is 5.71. The number of aromatic amines is 1. The zero-order chi connectivity index (χ0) is 21.3. The lowest BCUT2D eigenvalue weighted by Crippen LogP contribution is -2.21. The van der Waals surface area contributed by atoms with Crippen molar-refractivity contribution in [2.24, 2.45) is 5.14 Å². The molecule has 0 aliphatic heterocycles. The molecule has 152 valence electrons. The number of hydrogen-bond donors (Lipinski definition) is 3. The molecule has 0 fully saturated rings. The molecule has 4 N–H and O–H groups in total. The Labute approximate surface area is 168 Å². The van der Waals surface area contributed by atoms with Gasteiger partial charge in [0.1, 0.15) is 0 Å². The van der Waals surface area contributed by atoms with Crippen molar-refractivity contribution in [2.45, 2.75) is 25.7 Å². The third kappa shape index (κ3) is 4.47. The predicted octanol–water partition coefficient (Wildman–Crippen LogP) is 2.54. The average Bonchev–Trinajstić information content (AvgIpc) is 2.94. The summed E-state index contributed by atoms with van der Waals surface area (Å²) in [6.07, 6.45) is 0. The molecule has 1 aromatic heterocycles. The van der Waals surface area contributed by atoms with Crippen LogP contribution in [0, 0.1) is 20.8 Å². The van der Waals surface area contributed by atoms with Crippen LogP contribution in [0.25, 0.3) is 10.9 Å². The Hall–Kier alpha value is -3.17. The smallest absolute Gasteiger partial charge is 0.338 e. The van der Waals surface area contributed by atoms with Crippen LogP contribution in [0.1, 0.15) is 27.2 Å². The number of hydrogen-bond acceptors (Lipinski definition) is 5. The number of carbonyl (C=O) groups excluding carboxylic acids is 2. The van der Waals surface area contributed by atoms with Gasteiger partial charge in [-0.2, -0.15) is 0 Å². The Kier molecular flexibility index (Phi) is 5.45. The highest BCUT2D eigenvalue weighted by atomic mass is 32.2. The number of anilines is 1. The van der Waals surface area contributed by atoms with Crippen LogP contribution >= 0.6 is 0 Å². The average molecular weight is 415 g/mol. The highest BCUT2D eigenvalue weighted by Gasteiger charge is 2.15. The van der Waals surface area contributed by atoms with Gasteiger partial charge < -0.3 is 15.0 Å². The van der Waals surface area contributed by atoms with Gasteiger partial charge in [0.2, 0.25) is 10.0 Å². The van der Waals surface area contributed by atoms with E-state index in [4.69, 9.17) is 9.88 Å². The molecule has 1 heterocycles. The quantitative estimate of drug-likeness (QED) is 0.551. The SMILES string of the molecule is Cc1ccc(NC(=O)COC(=O)c2ccc3[nH]c(C)c(C)c3c2)cc1S(N)(=O)=O. The first-order chi connectivity index (χ1) is 13.6. The van der Waals surface area contributed by atoms with Gasteiger partial charge >= 0.3 is 5.97 Å². The first-order valence-corrected chi connectivity index (χ1v) is 10.3. The zero-order valence-electron chi connectivity index (χ0n) is 16.2. The van der Waals surface area contributed by atoms with Crippen molar-refractivity contribution < 1.29 is 22.7 Å². The second-order valence-electron chi connectivity index (χ2n) is 6.78. The fourth-order valence-corrected chi connectivity index (χ4v) is 3.79. The molecular weight excluding hydrogens is 394 g/mol. The molecule has 0 spiro atoms. The molecule has 1 amide bonds. The van der Waals surface area contributed by atoms with Crippen molar-refractivity contribution in [3.8, 4) is 0 Å². The molecule has 8 nitrogen and oxygen atoms in total. The lowest BCUT2D eigenvalue weighted by Gasteiger charge is -2.09. The molecule has 9 heteroatoms.